The van der Waals surface area contributed by atoms with E-state index in [2.05, 4.69) is 39.4 Å². The van der Waals surface area contributed by atoms with Gasteiger partial charge in [0.1, 0.15) is 0 Å². The van der Waals surface area contributed by atoms with Crippen molar-refractivity contribution in [2.45, 2.75) is 18.9 Å². The summed E-state index contributed by atoms with van der Waals surface area (Å²) in [4.78, 5) is 0. The number of hydrogen-bond acceptors (Lipinski definition) is 1. The Kier molecular flexibility index (Phi) is 3.75. The van der Waals surface area contributed by atoms with E-state index < -0.39 is 0 Å². The van der Waals surface area contributed by atoms with Crippen LogP contribution in [0.4, 0.5) is 5.69 Å². The highest BCUT2D eigenvalue weighted by molar-refractivity contribution is 9.10. The van der Waals surface area contributed by atoms with E-state index in [1.807, 2.05) is 12.1 Å². The SMILES string of the molecule is Clc1cc(Cl)cc(NC2CCc3c(Br)cccc32)c1. The Bertz CT molecular complexity index is 607. The van der Waals surface area contributed by atoms with E-state index in [9.17, 15) is 0 Å². The summed E-state index contributed by atoms with van der Waals surface area (Å²) >= 11 is 15.7. The molecule has 0 aliphatic heterocycles. The standard InChI is InChI=1S/C15H12BrCl2N/c16-14-3-1-2-13-12(14)4-5-15(13)19-11-7-9(17)6-10(18)8-11/h1-3,6-8,15,19H,4-5H2. The Morgan fingerprint density at radius 1 is 1.11 bits per heavy atom. The maximum absolute atomic E-state index is 6.03. The van der Waals surface area contributed by atoms with E-state index in [0.29, 0.717) is 16.1 Å². The molecule has 1 aliphatic rings. The number of rotatable bonds is 2. The van der Waals surface area contributed by atoms with Crippen LogP contribution in [0.5, 0.6) is 0 Å². The highest BCUT2D eigenvalue weighted by Crippen LogP contribution is 2.38. The first-order valence-corrected chi connectivity index (χ1v) is 7.68. The van der Waals surface area contributed by atoms with E-state index in [-0.39, 0.29) is 0 Å². The zero-order valence-electron chi connectivity index (χ0n) is 10.1. The van der Waals surface area contributed by atoms with Crippen LogP contribution in [0.3, 0.4) is 0 Å². The third-order valence-electron chi connectivity index (χ3n) is 3.42. The van der Waals surface area contributed by atoms with Crippen molar-refractivity contribution in [2.24, 2.45) is 0 Å². The lowest BCUT2D eigenvalue weighted by Gasteiger charge is -2.16. The van der Waals surface area contributed by atoms with Crippen LogP contribution in [0.2, 0.25) is 10.0 Å². The number of anilines is 1. The van der Waals surface area contributed by atoms with Crippen LogP contribution >= 0.6 is 39.1 Å². The Balaban J connectivity index is 1.89. The van der Waals surface area contributed by atoms with Crippen molar-refractivity contribution < 1.29 is 0 Å². The average Bonchev–Trinajstić information content (AvgIpc) is 2.73. The second-order valence-electron chi connectivity index (χ2n) is 4.70. The zero-order valence-corrected chi connectivity index (χ0v) is 13.2. The number of fused-ring (bicyclic) bond motifs is 1. The van der Waals surface area contributed by atoms with Crippen LogP contribution in [-0.2, 0) is 6.42 Å². The molecule has 1 nitrogen and oxygen atoms in total. The third kappa shape index (κ3) is 2.76. The van der Waals surface area contributed by atoms with Crippen molar-refractivity contribution in [3.8, 4) is 0 Å². The molecule has 0 bridgehead atoms. The maximum Gasteiger partial charge on any atom is 0.0520 e. The molecule has 2 aromatic carbocycles. The van der Waals surface area contributed by atoms with Gasteiger partial charge in [-0.15, -0.1) is 0 Å². The summed E-state index contributed by atoms with van der Waals surface area (Å²) < 4.78 is 1.19. The van der Waals surface area contributed by atoms with Crippen LogP contribution in [0.25, 0.3) is 0 Å². The predicted molar refractivity (Wildman–Crippen MR) is 85.3 cm³/mol. The van der Waals surface area contributed by atoms with Crippen molar-refractivity contribution in [3.63, 3.8) is 0 Å². The van der Waals surface area contributed by atoms with Gasteiger partial charge in [0.05, 0.1) is 6.04 Å². The van der Waals surface area contributed by atoms with E-state index >= 15 is 0 Å². The number of benzene rings is 2. The first-order chi connectivity index (χ1) is 9.13. The molecule has 1 aliphatic carbocycles. The average molecular weight is 357 g/mol. The summed E-state index contributed by atoms with van der Waals surface area (Å²) in [6.45, 7) is 0. The van der Waals surface area contributed by atoms with Gasteiger partial charge in [-0.3, -0.25) is 0 Å². The fraction of sp³-hybridized carbons (Fsp3) is 0.200. The molecule has 98 valence electrons. The summed E-state index contributed by atoms with van der Waals surface area (Å²) in [7, 11) is 0. The molecule has 0 radical (unpaired) electrons. The van der Waals surface area contributed by atoms with Gasteiger partial charge < -0.3 is 5.32 Å². The van der Waals surface area contributed by atoms with Gasteiger partial charge in [0, 0.05) is 20.2 Å². The van der Waals surface area contributed by atoms with Crippen LogP contribution < -0.4 is 5.32 Å². The lowest BCUT2D eigenvalue weighted by Crippen LogP contribution is -2.06. The first-order valence-electron chi connectivity index (χ1n) is 6.13. The number of halogens is 3. The van der Waals surface area contributed by atoms with Gasteiger partial charge in [0.15, 0.2) is 0 Å². The fourth-order valence-corrected chi connectivity index (χ4v) is 3.70. The van der Waals surface area contributed by atoms with E-state index in [0.717, 1.165) is 18.5 Å². The largest absolute Gasteiger partial charge is 0.378 e. The topological polar surface area (TPSA) is 12.0 Å². The van der Waals surface area contributed by atoms with Crippen molar-refractivity contribution in [1.82, 2.24) is 0 Å². The number of hydrogen-bond donors (Lipinski definition) is 1. The Labute approximate surface area is 131 Å². The van der Waals surface area contributed by atoms with Gasteiger partial charge in [-0.2, -0.15) is 0 Å². The van der Waals surface area contributed by atoms with Crippen molar-refractivity contribution >= 4 is 44.8 Å². The lowest BCUT2D eigenvalue weighted by molar-refractivity contribution is 0.762. The van der Waals surface area contributed by atoms with E-state index in [4.69, 9.17) is 23.2 Å². The molecular formula is C15H12BrCl2N. The van der Waals surface area contributed by atoms with Gasteiger partial charge in [-0.25, -0.2) is 0 Å². The molecule has 3 rings (SSSR count). The van der Waals surface area contributed by atoms with Crippen LogP contribution in [-0.4, -0.2) is 0 Å². The minimum atomic E-state index is 0.321. The van der Waals surface area contributed by atoms with Gasteiger partial charge >= 0.3 is 0 Å². The van der Waals surface area contributed by atoms with Crippen molar-refractivity contribution in [1.29, 1.82) is 0 Å². The Hall–Kier alpha value is -0.700. The molecule has 0 spiro atoms. The third-order valence-corrected chi connectivity index (χ3v) is 4.60. The summed E-state index contributed by atoms with van der Waals surface area (Å²) in [6, 6.07) is 12.2. The smallest absolute Gasteiger partial charge is 0.0520 e. The first kappa shape index (κ1) is 13.3. The summed E-state index contributed by atoms with van der Waals surface area (Å²) in [5.41, 5.74) is 3.72. The molecule has 0 heterocycles. The zero-order chi connectivity index (χ0) is 13.4. The fourth-order valence-electron chi connectivity index (χ4n) is 2.60. The molecular weight excluding hydrogens is 345 g/mol. The lowest BCUT2D eigenvalue weighted by atomic mass is 10.1. The minimum absolute atomic E-state index is 0.321. The van der Waals surface area contributed by atoms with Crippen molar-refractivity contribution in [2.75, 3.05) is 5.32 Å². The molecule has 1 atom stereocenters. The second kappa shape index (κ2) is 5.35. The molecule has 1 N–H and O–H groups in total. The molecule has 1 unspecified atom stereocenters. The highest BCUT2D eigenvalue weighted by atomic mass is 79.9. The second-order valence-corrected chi connectivity index (χ2v) is 6.43. The highest BCUT2D eigenvalue weighted by Gasteiger charge is 2.23. The van der Waals surface area contributed by atoms with Crippen molar-refractivity contribution in [3.05, 3.63) is 62.0 Å². The molecule has 0 fully saturated rings. The van der Waals surface area contributed by atoms with Gasteiger partial charge in [0.2, 0.25) is 0 Å². The van der Waals surface area contributed by atoms with Crippen LogP contribution in [0.15, 0.2) is 40.9 Å². The predicted octanol–water partition coefficient (Wildman–Crippen LogP) is 5.86. The van der Waals surface area contributed by atoms with Gasteiger partial charge in [0.25, 0.3) is 0 Å². The quantitative estimate of drug-likeness (QED) is 0.711. The molecule has 4 heteroatoms. The maximum atomic E-state index is 6.03. The van der Waals surface area contributed by atoms with Crippen LogP contribution in [0.1, 0.15) is 23.6 Å². The monoisotopic (exact) mass is 355 g/mol. The Morgan fingerprint density at radius 3 is 2.58 bits per heavy atom. The number of nitrogens with one attached hydrogen (secondary N) is 1. The Morgan fingerprint density at radius 2 is 1.84 bits per heavy atom. The van der Waals surface area contributed by atoms with Crippen LogP contribution in [0, 0.1) is 0 Å². The van der Waals surface area contributed by atoms with E-state index in [1.165, 1.54) is 15.6 Å². The summed E-state index contributed by atoms with van der Waals surface area (Å²) in [5, 5.41) is 4.83. The molecule has 0 amide bonds. The molecule has 2 aromatic rings. The molecule has 0 saturated heterocycles. The molecule has 0 saturated carbocycles. The summed E-state index contributed by atoms with van der Waals surface area (Å²) in [6.07, 6.45) is 2.17. The summed E-state index contributed by atoms with van der Waals surface area (Å²) in [5.74, 6) is 0. The molecule has 19 heavy (non-hydrogen) atoms. The van der Waals surface area contributed by atoms with E-state index in [1.54, 1.807) is 6.07 Å². The van der Waals surface area contributed by atoms with Gasteiger partial charge in [-0.05, 0) is 48.2 Å². The normalized spacial score (nSPS) is 17.3. The van der Waals surface area contributed by atoms with Gasteiger partial charge in [-0.1, -0.05) is 51.3 Å². The minimum Gasteiger partial charge on any atom is -0.378 e. The molecule has 0 aromatic heterocycles.